The van der Waals surface area contributed by atoms with Crippen molar-refractivity contribution in [2.75, 3.05) is 31.2 Å². The second-order valence-electron chi connectivity index (χ2n) is 6.03. The van der Waals surface area contributed by atoms with Gasteiger partial charge in [0.15, 0.2) is 0 Å². The summed E-state index contributed by atoms with van der Waals surface area (Å²) in [7, 11) is 0. The summed E-state index contributed by atoms with van der Waals surface area (Å²) in [5, 5.41) is 0.911. The summed E-state index contributed by atoms with van der Waals surface area (Å²) in [5.41, 5.74) is 2.95. The predicted octanol–water partition coefficient (Wildman–Crippen LogP) is 3.94. The van der Waals surface area contributed by atoms with E-state index in [1.54, 1.807) is 12.1 Å². The third-order valence-corrected chi connectivity index (χ3v) is 4.39. The summed E-state index contributed by atoms with van der Waals surface area (Å²) in [6.45, 7) is 7.66. The molecule has 2 aromatic rings. The molecule has 1 saturated heterocycles. The van der Waals surface area contributed by atoms with E-state index in [-0.39, 0.29) is 5.82 Å². The van der Waals surface area contributed by atoms with Crippen LogP contribution in [0.2, 0.25) is 0 Å². The average Bonchev–Trinajstić information content (AvgIpc) is 2.53. The molecule has 22 heavy (non-hydrogen) atoms. The Morgan fingerprint density at radius 3 is 2.77 bits per heavy atom. The third-order valence-electron chi connectivity index (χ3n) is 4.39. The lowest BCUT2D eigenvalue weighted by Gasteiger charge is -2.34. The molecule has 1 aromatic carbocycles. The van der Waals surface area contributed by atoms with E-state index >= 15 is 0 Å². The Hall–Kier alpha value is -1.68. The number of hydrogen-bond acceptors (Lipinski definition) is 3. The molecule has 118 valence electrons. The van der Waals surface area contributed by atoms with Crippen molar-refractivity contribution in [1.29, 1.82) is 0 Å². The van der Waals surface area contributed by atoms with E-state index in [0.717, 1.165) is 61.4 Å². The van der Waals surface area contributed by atoms with Gasteiger partial charge in [-0.3, -0.25) is 4.98 Å². The number of hydrogen-bond donors (Lipinski definition) is 0. The van der Waals surface area contributed by atoms with E-state index in [1.807, 2.05) is 13.8 Å². The van der Waals surface area contributed by atoms with Gasteiger partial charge in [-0.05, 0) is 56.9 Å². The van der Waals surface area contributed by atoms with Crippen LogP contribution in [0.4, 0.5) is 10.1 Å². The zero-order valence-corrected chi connectivity index (χ0v) is 13.3. The van der Waals surface area contributed by atoms with Gasteiger partial charge in [0, 0.05) is 43.1 Å². The quantitative estimate of drug-likeness (QED) is 0.855. The minimum Gasteiger partial charge on any atom is -0.381 e. The van der Waals surface area contributed by atoms with Gasteiger partial charge in [0.2, 0.25) is 0 Å². The van der Waals surface area contributed by atoms with Crippen molar-refractivity contribution in [1.82, 2.24) is 4.98 Å². The Bertz CT molecular complexity index is 651. The minimum absolute atomic E-state index is 0.203. The molecule has 0 bridgehead atoms. The molecule has 0 atom stereocenters. The van der Waals surface area contributed by atoms with Gasteiger partial charge in [0.25, 0.3) is 0 Å². The van der Waals surface area contributed by atoms with Crippen molar-refractivity contribution in [3.05, 3.63) is 35.8 Å². The fourth-order valence-corrected chi connectivity index (χ4v) is 3.20. The first-order valence-corrected chi connectivity index (χ1v) is 8.07. The van der Waals surface area contributed by atoms with Gasteiger partial charge in [-0.2, -0.15) is 0 Å². The zero-order chi connectivity index (χ0) is 15.5. The highest BCUT2D eigenvalue weighted by Gasteiger charge is 2.21. The number of anilines is 1. The fraction of sp³-hybridized carbons (Fsp3) is 0.500. The molecule has 0 radical (unpaired) electrons. The van der Waals surface area contributed by atoms with Crippen LogP contribution >= 0.6 is 0 Å². The van der Waals surface area contributed by atoms with E-state index in [1.165, 1.54) is 6.07 Å². The lowest BCUT2D eigenvalue weighted by Crippen LogP contribution is -2.35. The zero-order valence-electron chi connectivity index (χ0n) is 13.3. The number of benzene rings is 1. The molecule has 1 aliphatic heterocycles. The number of ether oxygens (including phenoxy) is 1. The minimum atomic E-state index is -0.203. The molecular formula is C18H23FN2O. The monoisotopic (exact) mass is 302 g/mol. The predicted molar refractivity (Wildman–Crippen MR) is 87.9 cm³/mol. The Kier molecular flexibility index (Phi) is 4.57. The van der Waals surface area contributed by atoms with Gasteiger partial charge in [-0.15, -0.1) is 0 Å². The van der Waals surface area contributed by atoms with Crippen molar-refractivity contribution in [2.24, 2.45) is 5.92 Å². The molecule has 3 nitrogen and oxygen atoms in total. The smallest absolute Gasteiger partial charge is 0.124 e. The third kappa shape index (κ3) is 3.22. The summed E-state index contributed by atoms with van der Waals surface area (Å²) in [5.74, 6) is 0.438. The summed E-state index contributed by atoms with van der Waals surface area (Å²) in [4.78, 5) is 6.87. The number of aryl methyl sites for hydroxylation is 1. The molecule has 4 heteroatoms. The van der Waals surface area contributed by atoms with Crippen molar-refractivity contribution in [2.45, 2.75) is 26.7 Å². The number of nitrogens with zero attached hydrogens (tertiary/aromatic N) is 2. The van der Waals surface area contributed by atoms with Crippen LogP contribution in [0, 0.1) is 18.7 Å². The fourth-order valence-electron chi connectivity index (χ4n) is 3.20. The van der Waals surface area contributed by atoms with Crippen molar-refractivity contribution in [3.63, 3.8) is 0 Å². The summed E-state index contributed by atoms with van der Waals surface area (Å²) in [6.07, 6.45) is 2.25. The van der Waals surface area contributed by atoms with Crippen LogP contribution in [0.5, 0.6) is 0 Å². The van der Waals surface area contributed by atoms with Crippen LogP contribution in [0.1, 0.15) is 25.5 Å². The highest BCUT2D eigenvalue weighted by molar-refractivity contribution is 5.92. The first-order chi connectivity index (χ1) is 10.7. The van der Waals surface area contributed by atoms with Crippen LogP contribution in [-0.2, 0) is 4.74 Å². The number of halogens is 1. The molecule has 0 aliphatic carbocycles. The SMILES string of the molecule is CCOCC1CCN(c2cc(C)nc3ccc(F)cc23)CC1. The number of aromatic nitrogens is 1. The Morgan fingerprint density at radius 2 is 2.05 bits per heavy atom. The first-order valence-electron chi connectivity index (χ1n) is 8.07. The van der Waals surface area contributed by atoms with Gasteiger partial charge in [-0.1, -0.05) is 0 Å². The lowest BCUT2D eigenvalue weighted by atomic mass is 9.97. The maximum atomic E-state index is 13.6. The van der Waals surface area contributed by atoms with E-state index < -0.39 is 0 Å². The second-order valence-corrected chi connectivity index (χ2v) is 6.03. The van der Waals surface area contributed by atoms with E-state index in [9.17, 15) is 4.39 Å². The van der Waals surface area contributed by atoms with Crippen LogP contribution in [0.25, 0.3) is 10.9 Å². The molecule has 3 rings (SSSR count). The molecule has 1 aromatic heterocycles. The van der Waals surface area contributed by atoms with Crippen LogP contribution < -0.4 is 4.90 Å². The highest BCUT2D eigenvalue weighted by atomic mass is 19.1. The van der Waals surface area contributed by atoms with Crippen LogP contribution in [0.3, 0.4) is 0 Å². The van der Waals surface area contributed by atoms with Crippen molar-refractivity contribution < 1.29 is 9.13 Å². The molecule has 0 unspecified atom stereocenters. The summed E-state index contributed by atoms with van der Waals surface area (Å²) >= 11 is 0. The molecular weight excluding hydrogens is 279 g/mol. The number of rotatable bonds is 4. The summed E-state index contributed by atoms with van der Waals surface area (Å²) in [6, 6.07) is 6.92. The molecule has 0 spiro atoms. The topological polar surface area (TPSA) is 25.4 Å². The van der Waals surface area contributed by atoms with E-state index in [0.29, 0.717) is 5.92 Å². The van der Waals surface area contributed by atoms with Crippen LogP contribution in [-0.4, -0.2) is 31.3 Å². The van der Waals surface area contributed by atoms with E-state index in [4.69, 9.17) is 4.74 Å². The highest BCUT2D eigenvalue weighted by Crippen LogP contribution is 2.30. The van der Waals surface area contributed by atoms with Gasteiger partial charge in [0.1, 0.15) is 5.82 Å². The van der Waals surface area contributed by atoms with Gasteiger partial charge in [0.05, 0.1) is 5.52 Å². The van der Waals surface area contributed by atoms with E-state index in [2.05, 4.69) is 16.0 Å². The van der Waals surface area contributed by atoms with Crippen LogP contribution in [0.15, 0.2) is 24.3 Å². The maximum absolute atomic E-state index is 13.6. The summed E-state index contributed by atoms with van der Waals surface area (Å²) < 4.78 is 19.2. The molecule has 2 heterocycles. The molecule has 1 fully saturated rings. The normalized spacial score (nSPS) is 16.4. The Balaban J connectivity index is 1.83. The molecule has 1 aliphatic rings. The van der Waals surface area contributed by atoms with Gasteiger partial charge < -0.3 is 9.64 Å². The van der Waals surface area contributed by atoms with Gasteiger partial charge >= 0.3 is 0 Å². The van der Waals surface area contributed by atoms with Crippen molar-refractivity contribution in [3.8, 4) is 0 Å². The van der Waals surface area contributed by atoms with Gasteiger partial charge in [-0.25, -0.2) is 4.39 Å². The maximum Gasteiger partial charge on any atom is 0.124 e. The van der Waals surface area contributed by atoms with Crippen molar-refractivity contribution >= 4 is 16.6 Å². The lowest BCUT2D eigenvalue weighted by molar-refractivity contribution is 0.100. The number of fused-ring (bicyclic) bond motifs is 1. The average molecular weight is 302 g/mol. The Labute approximate surface area is 131 Å². The largest absolute Gasteiger partial charge is 0.381 e. The Morgan fingerprint density at radius 1 is 1.27 bits per heavy atom. The second kappa shape index (κ2) is 6.61. The molecule has 0 saturated carbocycles. The standard InChI is InChI=1S/C18H23FN2O/c1-3-22-12-14-6-8-21(9-7-14)18-10-13(2)20-17-5-4-15(19)11-16(17)18/h4-5,10-11,14H,3,6-9,12H2,1-2H3. The number of pyridine rings is 1. The first kappa shape index (κ1) is 15.2. The molecule has 0 amide bonds. The number of piperidine rings is 1. The molecule has 0 N–H and O–H groups in total.